The molecule has 2 heterocycles. The van der Waals surface area contributed by atoms with Crippen LogP contribution in [0.3, 0.4) is 0 Å². The molecule has 0 bridgehead atoms. The third-order valence-corrected chi connectivity index (χ3v) is 10.1. The van der Waals surface area contributed by atoms with E-state index in [0.717, 1.165) is 44.3 Å². The van der Waals surface area contributed by atoms with Gasteiger partial charge >= 0.3 is 0 Å². The second-order valence-corrected chi connectivity index (χ2v) is 13.0. The van der Waals surface area contributed by atoms with E-state index >= 15 is 0 Å². The first-order valence-corrected chi connectivity index (χ1v) is 16.4. The minimum absolute atomic E-state index is 0.0904. The van der Waals surface area contributed by atoms with Gasteiger partial charge in [0.05, 0.1) is 11.6 Å². The van der Waals surface area contributed by atoms with Crippen LogP contribution >= 0.6 is 11.8 Å². The van der Waals surface area contributed by atoms with Gasteiger partial charge in [-0.2, -0.15) is 0 Å². The molecule has 1 saturated heterocycles. The van der Waals surface area contributed by atoms with Crippen molar-refractivity contribution in [1.29, 1.82) is 0 Å². The number of hydrogen-bond donors (Lipinski definition) is 1. The van der Waals surface area contributed by atoms with Gasteiger partial charge in [0, 0.05) is 12.1 Å². The first kappa shape index (κ1) is 29.5. The molecule has 2 aromatic rings. The predicted molar refractivity (Wildman–Crippen MR) is 162 cm³/mol. The highest BCUT2D eigenvalue weighted by Gasteiger charge is 2.40. The lowest BCUT2D eigenvalue weighted by atomic mass is 10.0. The summed E-state index contributed by atoms with van der Waals surface area (Å²) in [7, 11) is 0. The summed E-state index contributed by atoms with van der Waals surface area (Å²) in [6.45, 7) is 6.93. The number of unbranched alkanes of at least 4 members (excludes halogenated alkanes) is 5. The third-order valence-electron chi connectivity index (χ3n) is 8.68. The molecule has 2 aliphatic rings. The van der Waals surface area contributed by atoms with Crippen LogP contribution in [0, 0.1) is 0 Å². The van der Waals surface area contributed by atoms with E-state index in [2.05, 4.69) is 68.1 Å². The molecule has 2 aromatic carbocycles. The highest BCUT2D eigenvalue weighted by Crippen LogP contribution is 2.53. The first-order valence-electron chi connectivity index (χ1n) is 15.6. The molecule has 4 rings (SSSR count). The van der Waals surface area contributed by atoms with Crippen LogP contribution in [0.5, 0.6) is 5.75 Å². The summed E-state index contributed by atoms with van der Waals surface area (Å²) in [6.07, 6.45) is 18.0. The number of rotatable bonds is 16. The Balaban J connectivity index is 1.34. The second kappa shape index (κ2) is 14.8. The Labute approximate surface area is 236 Å². The monoisotopic (exact) mass is 537 g/mol. The molecule has 2 atom stereocenters. The summed E-state index contributed by atoms with van der Waals surface area (Å²) >= 11 is 1.96. The van der Waals surface area contributed by atoms with Crippen molar-refractivity contribution >= 4 is 11.8 Å². The number of hydrogen-bond acceptors (Lipinski definition) is 4. The summed E-state index contributed by atoms with van der Waals surface area (Å²) in [5.74, 6) is 1.06. The van der Waals surface area contributed by atoms with E-state index in [-0.39, 0.29) is 11.7 Å². The fourth-order valence-electron chi connectivity index (χ4n) is 6.32. The van der Waals surface area contributed by atoms with Gasteiger partial charge < -0.3 is 9.84 Å². The molecule has 1 fully saturated rings. The zero-order chi connectivity index (χ0) is 26.8. The van der Waals surface area contributed by atoms with Crippen molar-refractivity contribution in [3.8, 4) is 5.75 Å². The van der Waals surface area contributed by atoms with Crippen molar-refractivity contribution in [2.45, 2.75) is 139 Å². The Hall–Kier alpha value is -1.49. The summed E-state index contributed by atoms with van der Waals surface area (Å²) in [4.78, 5) is 3.55. The molecule has 0 aliphatic carbocycles. The maximum atomic E-state index is 10.4. The van der Waals surface area contributed by atoms with Crippen LogP contribution in [0.4, 0.5) is 0 Å². The van der Waals surface area contributed by atoms with E-state index in [0.29, 0.717) is 12.1 Å². The zero-order valence-corrected chi connectivity index (χ0v) is 25.0. The Morgan fingerprint density at radius 2 is 1.53 bits per heavy atom. The topological polar surface area (TPSA) is 32.7 Å². The molecule has 1 N–H and O–H groups in total. The molecular formula is C34H51NO2S. The van der Waals surface area contributed by atoms with Gasteiger partial charge in [-0.15, -0.1) is 0 Å². The van der Waals surface area contributed by atoms with Gasteiger partial charge in [-0.25, -0.2) is 0 Å². The number of benzene rings is 2. The van der Waals surface area contributed by atoms with Crippen LogP contribution in [-0.4, -0.2) is 27.7 Å². The maximum Gasteiger partial charge on any atom is 0.159 e. The lowest BCUT2D eigenvalue weighted by Gasteiger charge is -2.28. The normalized spacial score (nSPS) is 20.5. The highest BCUT2D eigenvalue weighted by molar-refractivity contribution is 8.00. The van der Waals surface area contributed by atoms with E-state index < -0.39 is 0 Å². The van der Waals surface area contributed by atoms with Crippen LogP contribution in [0.25, 0.3) is 0 Å². The molecular weight excluding hydrogens is 486 g/mol. The van der Waals surface area contributed by atoms with Crippen molar-refractivity contribution in [2.75, 3.05) is 6.73 Å². The van der Waals surface area contributed by atoms with Crippen LogP contribution in [0.15, 0.2) is 47.4 Å². The Morgan fingerprint density at radius 1 is 0.842 bits per heavy atom. The molecule has 3 nitrogen and oxygen atoms in total. The molecule has 210 valence electrons. The molecule has 0 aromatic heterocycles. The minimum Gasteiger partial charge on any atom is -0.475 e. The first-order chi connectivity index (χ1) is 18.6. The zero-order valence-electron chi connectivity index (χ0n) is 24.2. The van der Waals surface area contributed by atoms with E-state index in [9.17, 15) is 5.11 Å². The van der Waals surface area contributed by atoms with Crippen molar-refractivity contribution in [2.24, 2.45) is 0 Å². The van der Waals surface area contributed by atoms with E-state index in [1.165, 1.54) is 79.4 Å². The Bertz CT molecular complexity index is 967. The maximum absolute atomic E-state index is 10.4. The number of fused-ring (bicyclic) bond motifs is 1. The molecule has 0 amide bonds. The molecule has 2 unspecified atom stereocenters. The predicted octanol–water partition coefficient (Wildman–Crippen LogP) is 9.46. The number of aliphatic hydroxyl groups is 1. The summed E-state index contributed by atoms with van der Waals surface area (Å²) in [5.41, 5.74) is 4.23. The quantitative estimate of drug-likeness (QED) is 0.216. The minimum atomic E-state index is -0.0904. The van der Waals surface area contributed by atoms with E-state index in [1.807, 2.05) is 11.8 Å². The highest BCUT2D eigenvalue weighted by atomic mass is 32.2. The van der Waals surface area contributed by atoms with Crippen LogP contribution in [0.2, 0.25) is 0 Å². The van der Waals surface area contributed by atoms with Gasteiger partial charge in [0.15, 0.2) is 4.93 Å². The molecule has 0 radical (unpaired) electrons. The van der Waals surface area contributed by atoms with Crippen molar-refractivity contribution in [1.82, 2.24) is 4.90 Å². The average Bonchev–Trinajstić information content (AvgIpc) is 3.53. The summed E-state index contributed by atoms with van der Waals surface area (Å²) < 4.78 is 6.62. The Morgan fingerprint density at radius 3 is 2.18 bits per heavy atom. The summed E-state index contributed by atoms with van der Waals surface area (Å²) in [5, 5.41) is 10.4. The number of aryl methyl sites for hydroxylation is 2. The van der Waals surface area contributed by atoms with E-state index in [1.54, 1.807) is 0 Å². The fourth-order valence-corrected chi connectivity index (χ4v) is 7.75. The molecule has 2 aliphatic heterocycles. The van der Waals surface area contributed by atoms with Crippen LogP contribution in [-0.2, 0) is 12.8 Å². The van der Waals surface area contributed by atoms with Gasteiger partial charge in [0.25, 0.3) is 0 Å². The lowest BCUT2D eigenvalue weighted by molar-refractivity contribution is 0.0596. The standard InChI is InChI=1S/C34H51NO2S/c1-4-7-10-11-12-27-13-15-28(16-14-27)17-19-30-20-21-31(35(30)26-36)29-18-22-32-33(25-29)38-34(37-32,23-8-5-2)24-9-6-3/h13-16,18,22,25,30-31,36H,4-12,17,19-21,23-24,26H2,1-3H3. The Kier molecular flexibility index (Phi) is 11.5. The van der Waals surface area contributed by atoms with Gasteiger partial charge in [-0.1, -0.05) is 95.0 Å². The van der Waals surface area contributed by atoms with Gasteiger partial charge in [0.2, 0.25) is 0 Å². The van der Waals surface area contributed by atoms with Crippen molar-refractivity contribution in [3.63, 3.8) is 0 Å². The van der Waals surface area contributed by atoms with Crippen molar-refractivity contribution < 1.29 is 9.84 Å². The summed E-state index contributed by atoms with van der Waals surface area (Å²) in [6, 6.07) is 16.9. The number of likely N-dealkylation sites (tertiary alicyclic amines) is 1. The smallest absolute Gasteiger partial charge is 0.159 e. The van der Waals surface area contributed by atoms with Gasteiger partial charge in [-0.3, -0.25) is 4.90 Å². The van der Waals surface area contributed by atoms with Gasteiger partial charge in [0.1, 0.15) is 5.75 Å². The third kappa shape index (κ3) is 7.58. The average molecular weight is 538 g/mol. The molecule has 0 spiro atoms. The number of ether oxygens (including phenoxy) is 1. The number of aliphatic hydroxyl groups excluding tert-OH is 1. The molecule has 0 saturated carbocycles. The van der Waals surface area contributed by atoms with Gasteiger partial charge in [-0.05, 0) is 93.0 Å². The lowest BCUT2D eigenvalue weighted by Crippen LogP contribution is -2.32. The molecule has 4 heteroatoms. The van der Waals surface area contributed by atoms with Crippen molar-refractivity contribution in [3.05, 3.63) is 59.2 Å². The van der Waals surface area contributed by atoms with E-state index in [4.69, 9.17) is 4.74 Å². The fraction of sp³-hybridized carbons (Fsp3) is 0.647. The second-order valence-electron chi connectivity index (χ2n) is 11.6. The number of thioether (sulfide) groups is 1. The molecule has 38 heavy (non-hydrogen) atoms. The SMILES string of the molecule is CCCCCCc1ccc(CCC2CCC(c3ccc4c(c3)SC(CCCC)(CCCC)O4)N2CO)cc1. The van der Waals surface area contributed by atoms with Crippen LogP contribution in [0.1, 0.15) is 127 Å². The number of nitrogens with zero attached hydrogens (tertiary/aromatic N) is 1. The largest absolute Gasteiger partial charge is 0.475 e. The van der Waals surface area contributed by atoms with Crippen LogP contribution < -0.4 is 4.74 Å².